The zero-order valence-corrected chi connectivity index (χ0v) is 52.3. The van der Waals surface area contributed by atoms with Crippen molar-refractivity contribution in [3.8, 4) is 0 Å². The summed E-state index contributed by atoms with van der Waals surface area (Å²) in [6, 6.07) is -0.948. The number of carbonyl (C=O) groups is 1. The van der Waals surface area contributed by atoms with Gasteiger partial charge >= 0.3 is 0 Å². The van der Waals surface area contributed by atoms with Crippen LogP contribution in [0.5, 0.6) is 0 Å². The second kappa shape index (κ2) is 54.3. The number of amides is 1. The number of rotatable bonds is 51. The van der Waals surface area contributed by atoms with E-state index in [9.17, 15) is 45.6 Å². The summed E-state index contributed by atoms with van der Waals surface area (Å²) in [6.07, 6.45) is 63.5. The van der Waals surface area contributed by atoms with Crippen LogP contribution < -0.4 is 5.32 Å². The molecule has 2 aliphatic rings. The monoisotopic (exact) mass is 1190 g/mol. The Bertz CT molecular complexity index is 1940. The summed E-state index contributed by atoms with van der Waals surface area (Å²) in [5.41, 5.74) is 0. The van der Waals surface area contributed by atoms with Gasteiger partial charge in [-0.25, -0.2) is 0 Å². The van der Waals surface area contributed by atoms with Crippen molar-refractivity contribution in [3.63, 3.8) is 0 Å². The fourth-order valence-corrected chi connectivity index (χ4v) is 9.83. The largest absolute Gasteiger partial charge is 0.394 e. The number of hydrogen-bond donors (Lipinski definition) is 9. The molecule has 0 saturated carbocycles. The fraction of sp³-hybridized carbons (Fsp3) is 0.676. The predicted molar refractivity (Wildman–Crippen MR) is 345 cm³/mol. The van der Waals surface area contributed by atoms with Crippen molar-refractivity contribution in [1.29, 1.82) is 0 Å². The van der Waals surface area contributed by atoms with Crippen LogP contribution in [0.15, 0.2) is 134 Å². The van der Waals surface area contributed by atoms with Gasteiger partial charge < -0.3 is 65.1 Å². The molecule has 2 saturated heterocycles. The SMILES string of the molecule is CC/C=C\C/C=C\C/C=C\C/C=C\C/C=C\C/C=C\C/C=C\C/C=C\C/C=C\CCCCCCCCCC(=O)NC(COC1OC(CO)C(OC2OC(CO)C(O)C(O)C2O)C(O)C1O)C(O)/C=C/CC/C=C/CCCCCCCCCCCC. The third kappa shape index (κ3) is 38.9. The molecule has 0 aliphatic carbocycles. The first-order valence-electron chi connectivity index (χ1n) is 32.9. The number of allylic oxidation sites excluding steroid dienone is 21. The van der Waals surface area contributed by atoms with Gasteiger partial charge in [0, 0.05) is 6.42 Å². The molecule has 9 N–H and O–H groups in total. The number of carbonyl (C=O) groups excluding carboxylic acids is 1. The second-order valence-corrected chi connectivity index (χ2v) is 22.5. The van der Waals surface area contributed by atoms with Crippen LogP contribution in [0.2, 0.25) is 0 Å². The number of aliphatic hydroxyl groups is 8. The summed E-state index contributed by atoms with van der Waals surface area (Å²) in [5.74, 6) is -0.266. The van der Waals surface area contributed by atoms with Crippen molar-refractivity contribution in [2.75, 3.05) is 19.8 Å². The third-order valence-electron chi connectivity index (χ3n) is 15.1. The number of unbranched alkanes of at least 4 members (excludes halogenated alkanes) is 18. The van der Waals surface area contributed by atoms with Gasteiger partial charge in [0.1, 0.15) is 48.8 Å². The van der Waals surface area contributed by atoms with E-state index < -0.39 is 86.8 Å². The van der Waals surface area contributed by atoms with Gasteiger partial charge in [-0.05, 0) is 103 Å². The molecule has 2 aliphatic heterocycles. The summed E-state index contributed by atoms with van der Waals surface area (Å²) in [4.78, 5) is 13.3. The quantitative estimate of drug-likeness (QED) is 0.0204. The van der Waals surface area contributed by atoms with Crippen LogP contribution in [0.3, 0.4) is 0 Å². The van der Waals surface area contributed by atoms with Gasteiger partial charge in [-0.1, -0.05) is 237 Å². The van der Waals surface area contributed by atoms with Crippen LogP contribution in [-0.4, -0.2) is 140 Å². The third-order valence-corrected chi connectivity index (χ3v) is 15.1. The summed E-state index contributed by atoms with van der Waals surface area (Å²) < 4.78 is 22.8. The van der Waals surface area contributed by atoms with Crippen molar-refractivity contribution in [1.82, 2.24) is 5.32 Å². The van der Waals surface area contributed by atoms with Gasteiger partial charge in [0.05, 0.1) is 32.0 Å². The van der Waals surface area contributed by atoms with Gasteiger partial charge in [0.2, 0.25) is 5.91 Å². The summed E-state index contributed by atoms with van der Waals surface area (Å²) in [7, 11) is 0. The Morgan fingerprint density at radius 1 is 0.435 bits per heavy atom. The summed E-state index contributed by atoms with van der Waals surface area (Å²) in [6.45, 7) is 2.64. The van der Waals surface area contributed by atoms with Crippen LogP contribution >= 0.6 is 0 Å². The standard InChI is InChI=1S/C71H117NO13/c1-3-5-7-9-11-13-15-17-19-21-22-23-24-25-26-27-28-29-30-31-32-33-34-35-36-37-38-39-41-43-45-47-49-51-53-55-63(76)72-59(60(75)54-52-50-48-46-44-42-40-20-18-16-14-12-10-8-6-4-2)58-82-70-68(81)66(79)69(62(57-74)84-70)85-71-67(80)65(78)64(77)61(56-73)83-71/h5,7,11,13,17,19,22-23,25-26,28-29,31-32,34-35,37-38,44,46,52,54,59-62,64-71,73-75,77-81H,3-4,6,8-10,12,14-16,18,20-21,24,27,30,33,36,39-43,45,47-51,53,55-58H2,1-2H3,(H,72,76)/b7-5-,13-11-,19-17-,23-22-,26-25-,29-28-,32-31-,35-34-,38-37-,46-44+,54-52+. The van der Waals surface area contributed by atoms with Gasteiger partial charge in [-0.2, -0.15) is 0 Å². The van der Waals surface area contributed by atoms with Gasteiger partial charge in [-0.3, -0.25) is 4.79 Å². The Morgan fingerprint density at radius 2 is 0.824 bits per heavy atom. The smallest absolute Gasteiger partial charge is 0.220 e. The first-order chi connectivity index (χ1) is 41.6. The molecule has 484 valence electrons. The highest BCUT2D eigenvalue weighted by Gasteiger charge is 2.51. The summed E-state index contributed by atoms with van der Waals surface area (Å²) >= 11 is 0. The van der Waals surface area contributed by atoms with Crippen LogP contribution in [0, 0.1) is 0 Å². The van der Waals surface area contributed by atoms with Crippen molar-refractivity contribution in [3.05, 3.63) is 134 Å². The number of ether oxygens (including phenoxy) is 4. The first-order valence-corrected chi connectivity index (χ1v) is 32.9. The Kier molecular flexibility index (Phi) is 49.3. The van der Waals surface area contributed by atoms with E-state index in [0.29, 0.717) is 12.8 Å². The van der Waals surface area contributed by atoms with Crippen molar-refractivity contribution >= 4 is 5.91 Å². The molecule has 14 heteroatoms. The minimum atomic E-state index is -1.80. The average Bonchev–Trinajstić information content (AvgIpc) is 3.70. The van der Waals surface area contributed by atoms with E-state index >= 15 is 0 Å². The van der Waals surface area contributed by atoms with Crippen molar-refractivity contribution in [2.45, 2.75) is 286 Å². The molecule has 1 amide bonds. The molecule has 12 atom stereocenters. The average molecular weight is 1190 g/mol. The van der Waals surface area contributed by atoms with E-state index in [1.165, 1.54) is 64.2 Å². The maximum absolute atomic E-state index is 13.3. The van der Waals surface area contributed by atoms with E-state index in [0.717, 1.165) is 116 Å². The predicted octanol–water partition coefficient (Wildman–Crippen LogP) is 12.7. The maximum Gasteiger partial charge on any atom is 0.220 e. The number of nitrogens with one attached hydrogen (secondary N) is 1. The minimum absolute atomic E-state index is 0.251. The van der Waals surface area contributed by atoms with E-state index in [2.05, 4.69) is 141 Å². The molecule has 14 nitrogen and oxygen atoms in total. The second-order valence-electron chi connectivity index (χ2n) is 22.5. The molecule has 0 spiro atoms. The Morgan fingerprint density at radius 3 is 1.29 bits per heavy atom. The molecule has 0 radical (unpaired) electrons. The lowest BCUT2D eigenvalue weighted by molar-refractivity contribution is -0.359. The first kappa shape index (κ1) is 77.2. The highest BCUT2D eigenvalue weighted by atomic mass is 16.7. The zero-order chi connectivity index (χ0) is 61.6. The van der Waals surface area contributed by atoms with Crippen LogP contribution in [-0.2, 0) is 23.7 Å². The summed E-state index contributed by atoms with van der Waals surface area (Å²) in [5, 5.41) is 87.2. The lowest BCUT2D eigenvalue weighted by Crippen LogP contribution is -2.65. The van der Waals surface area contributed by atoms with Gasteiger partial charge in [0.15, 0.2) is 12.6 Å². The lowest BCUT2D eigenvalue weighted by atomic mass is 9.97. The molecule has 85 heavy (non-hydrogen) atoms. The number of hydrogen-bond acceptors (Lipinski definition) is 13. The normalized spacial score (nSPS) is 24.4. The van der Waals surface area contributed by atoms with E-state index in [1.54, 1.807) is 6.08 Å². The molecule has 2 rings (SSSR count). The Hall–Kier alpha value is -3.87. The van der Waals surface area contributed by atoms with Crippen LogP contribution in [0.25, 0.3) is 0 Å². The van der Waals surface area contributed by atoms with E-state index in [1.807, 2.05) is 6.08 Å². The van der Waals surface area contributed by atoms with E-state index in [4.69, 9.17) is 18.9 Å². The highest BCUT2D eigenvalue weighted by Crippen LogP contribution is 2.30. The fourth-order valence-electron chi connectivity index (χ4n) is 9.83. The Labute approximate surface area is 513 Å². The van der Waals surface area contributed by atoms with Crippen LogP contribution in [0.1, 0.15) is 213 Å². The molecule has 0 aromatic rings. The molecule has 2 heterocycles. The minimum Gasteiger partial charge on any atom is -0.394 e. The highest BCUT2D eigenvalue weighted by molar-refractivity contribution is 5.76. The Balaban J connectivity index is 1.70. The lowest BCUT2D eigenvalue weighted by Gasteiger charge is -2.46. The van der Waals surface area contributed by atoms with Crippen molar-refractivity contribution in [2.24, 2.45) is 0 Å². The maximum atomic E-state index is 13.3. The van der Waals surface area contributed by atoms with E-state index in [-0.39, 0.29) is 18.9 Å². The molecular weight excluding hydrogens is 1070 g/mol. The molecular formula is C71H117NO13. The molecule has 2 fully saturated rings. The van der Waals surface area contributed by atoms with Crippen LogP contribution in [0.4, 0.5) is 0 Å². The molecule has 0 aromatic heterocycles. The molecule has 0 aromatic carbocycles. The van der Waals surface area contributed by atoms with Crippen molar-refractivity contribution < 1.29 is 64.6 Å². The topological polar surface area (TPSA) is 228 Å². The van der Waals surface area contributed by atoms with Gasteiger partial charge in [0.25, 0.3) is 0 Å². The zero-order valence-electron chi connectivity index (χ0n) is 52.3. The molecule has 12 unspecified atom stereocenters. The number of aliphatic hydroxyl groups excluding tert-OH is 8. The molecule has 0 bridgehead atoms. The van der Waals surface area contributed by atoms with Gasteiger partial charge in [-0.15, -0.1) is 0 Å².